The number of pyridine rings is 2. The first-order valence-corrected chi connectivity index (χ1v) is 10.3. The van der Waals surface area contributed by atoms with Crippen LogP contribution >= 0.6 is 0 Å². The first kappa shape index (κ1) is 18.8. The first-order chi connectivity index (χ1) is 14.5. The molecule has 0 unspecified atom stereocenters. The molecule has 0 radical (unpaired) electrons. The van der Waals surface area contributed by atoms with E-state index in [9.17, 15) is 4.79 Å². The van der Waals surface area contributed by atoms with E-state index < -0.39 is 0 Å². The SMILES string of the molecule is CN(C)C(=O)CN1CC=C(c2[nH]c3nccc4c3c2CN(C)c2ncccc2-4)CC1. The summed E-state index contributed by atoms with van der Waals surface area (Å²) < 4.78 is 0. The van der Waals surface area contributed by atoms with Crippen molar-refractivity contribution in [3.8, 4) is 11.1 Å². The van der Waals surface area contributed by atoms with Gasteiger partial charge in [0.15, 0.2) is 0 Å². The second-order valence-corrected chi connectivity index (χ2v) is 8.29. The summed E-state index contributed by atoms with van der Waals surface area (Å²) in [6.45, 7) is 2.89. The molecule has 0 fully saturated rings. The first-order valence-electron chi connectivity index (χ1n) is 10.3. The fourth-order valence-electron chi connectivity index (χ4n) is 4.48. The Morgan fingerprint density at radius 1 is 1.20 bits per heavy atom. The average molecular weight is 403 g/mol. The molecule has 0 spiro atoms. The van der Waals surface area contributed by atoms with E-state index in [2.05, 4.69) is 50.0 Å². The summed E-state index contributed by atoms with van der Waals surface area (Å²) in [7, 11) is 5.71. The number of rotatable bonds is 3. The molecule has 2 aliphatic rings. The van der Waals surface area contributed by atoms with E-state index in [1.807, 2.05) is 18.5 Å². The van der Waals surface area contributed by atoms with Crippen LogP contribution < -0.4 is 4.90 Å². The molecule has 7 nitrogen and oxygen atoms in total. The highest BCUT2D eigenvalue weighted by atomic mass is 16.2. The lowest BCUT2D eigenvalue weighted by Gasteiger charge is -2.27. The predicted octanol–water partition coefficient (Wildman–Crippen LogP) is 2.75. The Balaban J connectivity index is 1.54. The molecule has 1 amide bonds. The van der Waals surface area contributed by atoms with Gasteiger partial charge in [0.2, 0.25) is 5.91 Å². The number of hydrogen-bond acceptors (Lipinski definition) is 5. The number of likely N-dealkylation sites (N-methyl/N-ethyl adjacent to an activating group) is 1. The standard InChI is InChI=1S/C23H26N6O/c1-27(2)19(30)14-29-11-7-15(8-12-29)21-18-13-28(3)23-17(5-4-9-25-23)16-6-10-24-22(26-21)20(16)18/h4-7,9-10H,8,11-14H2,1-3H3,(H,24,26). The molecule has 3 aromatic heterocycles. The van der Waals surface area contributed by atoms with Crippen molar-refractivity contribution in [3.05, 3.63) is 47.9 Å². The number of fused-ring (bicyclic) bond motifs is 2. The van der Waals surface area contributed by atoms with Crippen molar-refractivity contribution < 1.29 is 4.79 Å². The number of aromatic amines is 1. The van der Waals surface area contributed by atoms with Crippen LogP contribution in [0.4, 0.5) is 5.82 Å². The molecule has 0 aromatic carbocycles. The average Bonchev–Trinajstić information content (AvgIpc) is 3.06. The molecular weight excluding hydrogens is 376 g/mol. The Labute approximate surface area is 176 Å². The smallest absolute Gasteiger partial charge is 0.236 e. The Kier molecular flexibility index (Phi) is 4.55. The van der Waals surface area contributed by atoms with Crippen molar-refractivity contribution in [1.29, 1.82) is 0 Å². The molecule has 0 atom stereocenters. The maximum atomic E-state index is 12.0. The topological polar surface area (TPSA) is 68.4 Å². The van der Waals surface area contributed by atoms with Crippen LogP contribution in [0.25, 0.3) is 27.7 Å². The molecule has 3 aromatic rings. The van der Waals surface area contributed by atoms with Crippen molar-refractivity contribution in [2.75, 3.05) is 45.7 Å². The molecule has 154 valence electrons. The third-order valence-corrected chi connectivity index (χ3v) is 6.10. The molecule has 0 saturated heterocycles. The van der Waals surface area contributed by atoms with Gasteiger partial charge in [0, 0.05) is 75.4 Å². The molecule has 2 aliphatic heterocycles. The van der Waals surface area contributed by atoms with Gasteiger partial charge in [-0.05, 0) is 35.8 Å². The van der Waals surface area contributed by atoms with Gasteiger partial charge in [-0.15, -0.1) is 0 Å². The molecule has 5 rings (SSSR count). The van der Waals surface area contributed by atoms with Crippen LogP contribution in [0.1, 0.15) is 17.7 Å². The lowest BCUT2D eigenvalue weighted by molar-refractivity contribution is -0.129. The molecule has 1 N–H and O–H groups in total. The van der Waals surface area contributed by atoms with Crippen molar-refractivity contribution in [2.24, 2.45) is 0 Å². The molecule has 5 heterocycles. The van der Waals surface area contributed by atoms with Gasteiger partial charge in [-0.3, -0.25) is 9.69 Å². The highest BCUT2D eigenvalue weighted by Gasteiger charge is 2.27. The van der Waals surface area contributed by atoms with Crippen LogP contribution in [0.15, 0.2) is 36.7 Å². The van der Waals surface area contributed by atoms with E-state index in [0.29, 0.717) is 6.54 Å². The molecule has 0 bridgehead atoms. The minimum atomic E-state index is 0.143. The van der Waals surface area contributed by atoms with E-state index in [-0.39, 0.29) is 5.91 Å². The quantitative estimate of drug-likeness (QED) is 0.730. The van der Waals surface area contributed by atoms with Crippen molar-refractivity contribution in [2.45, 2.75) is 13.0 Å². The van der Waals surface area contributed by atoms with E-state index >= 15 is 0 Å². The Bertz CT molecular complexity index is 1160. The summed E-state index contributed by atoms with van der Waals surface area (Å²) in [5, 5.41) is 1.19. The summed E-state index contributed by atoms with van der Waals surface area (Å²) in [5.41, 5.74) is 6.99. The largest absolute Gasteiger partial charge is 0.355 e. The summed E-state index contributed by atoms with van der Waals surface area (Å²) in [4.78, 5) is 31.0. The maximum Gasteiger partial charge on any atom is 0.236 e. The number of amides is 1. The molecular formula is C23H26N6O. The molecule has 30 heavy (non-hydrogen) atoms. The zero-order valence-electron chi connectivity index (χ0n) is 17.6. The minimum Gasteiger partial charge on any atom is -0.355 e. The van der Waals surface area contributed by atoms with Crippen LogP contribution in [-0.4, -0.2) is 71.4 Å². The summed E-state index contributed by atoms with van der Waals surface area (Å²) in [6, 6.07) is 6.21. The monoisotopic (exact) mass is 402 g/mol. The lowest BCUT2D eigenvalue weighted by atomic mass is 9.98. The summed E-state index contributed by atoms with van der Waals surface area (Å²) >= 11 is 0. The van der Waals surface area contributed by atoms with E-state index in [0.717, 1.165) is 43.1 Å². The van der Waals surface area contributed by atoms with E-state index in [4.69, 9.17) is 0 Å². The van der Waals surface area contributed by atoms with Gasteiger partial charge in [-0.25, -0.2) is 9.97 Å². The Morgan fingerprint density at radius 2 is 2.07 bits per heavy atom. The van der Waals surface area contributed by atoms with Crippen molar-refractivity contribution >= 4 is 28.3 Å². The lowest BCUT2D eigenvalue weighted by Crippen LogP contribution is -2.38. The number of aromatic nitrogens is 3. The van der Waals surface area contributed by atoms with Crippen LogP contribution in [0.2, 0.25) is 0 Å². The zero-order chi connectivity index (χ0) is 20.8. The van der Waals surface area contributed by atoms with Gasteiger partial charge in [-0.2, -0.15) is 0 Å². The number of H-pyrrole nitrogens is 1. The highest BCUT2D eigenvalue weighted by Crippen LogP contribution is 2.41. The van der Waals surface area contributed by atoms with Crippen molar-refractivity contribution in [3.63, 3.8) is 0 Å². The third kappa shape index (κ3) is 3.06. The van der Waals surface area contributed by atoms with Gasteiger partial charge in [0.1, 0.15) is 11.5 Å². The number of carbonyl (C=O) groups is 1. The van der Waals surface area contributed by atoms with Crippen LogP contribution in [0.3, 0.4) is 0 Å². The highest BCUT2D eigenvalue weighted by molar-refractivity contribution is 6.02. The zero-order valence-corrected chi connectivity index (χ0v) is 17.6. The number of nitrogens with one attached hydrogen (secondary N) is 1. The van der Waals surface area contributed by atoms with Crippen LogP contribution in [-0.2, 0) is 11.3 Å². The number of hydrogen-bond donors (Lipinski definition) is 1. The Hall–Kier alpha value is -3.19. The van der Waals surface area contributed by atoms with E-state index in [1.165, 1.54) is 27.8 Å². The normalized spacial score (nSPS) is 16.2. The van der Waals surface area contributed by atoms with E-state index in [1.54, 1.807) is 19.0 Å². The second-order valence-electron chi connectivity index (χ2n) is 8.29. The fourth-order valence-corrected chi connectivity index (χ4v) is 4.48. The van der Waals surface area contributed by atoms with Gasteiger partial charge in [0.25, 0.3) is 0 Å². The van der Waals surface area contributed by atoms with Gasteiger partial charge >= 0.3 is 0 Å². The Morgan fingerprint density at radius 3 is 2.83 bits per heavy atom. The molecule has 0 saturated carbocycles. The van der Waals surface area contributed by atoms with Crippen LogP contribution in [0.5, 0.6) is 0 Å². The molecule has 0 aliphatic carbocycles. The summed E-state index contributed by atoms with van der Waals surface area (Å²) in [6.07, 6.45) is 6.88. The number of carbonyl (C=O) groups excluding carboxylic acids is 1. The third-order valence-electron chi connectivity index (χ3n) is 6.10. The number of anilines is 1. The van der Waals surface area contributed by atoms with Gasteiger partial charge < -0.3 is 14.8 Å². The summed E-state index contributed by atoms with van der Waals surface area (Å²) in [5.74, 6) is 1.14. The predicted molar refractivity (Wildman–Crippen MR) is 119 cm³/mol. The van der Waals surface area contributed by atoms with Gasteiger partial charge in [-0.1, -0.05) is 6.08 Å². The van der Waals surface area contributed by atoms with Crippen molar-refractivity contribution in [1.82, 2.24) is 24.8 Å². The second kappa shape index (κ2) is 7.25. The van der Waals surface area contributed by atoms with Gasteiger partial charge in [0.05, 0.1) is 6.54 Å². The maximum absolute atomic E-state index is 12.0. The fraction of sp³-hybridized carbons (Fsp3) is 0.348. The minimum absolute atomic E-state index is 0.143. The van der Waals surface area contributed by atoms with Crippen LogP contribution in [0, 0.1) is 0 Å². The molecule has 7 heteroatoms. The number of nitrogens with zero attached hydrogens (tertiary/aromatic N) is 5.